The number of halogens is 6. The highest BCUT2D eigenvalue weighted by Crippen LogP contribution is 2.42. The number of allylic oxidation sites excluding steroid dienone is 2. The van der Waals surface area contributed by atoms with Crippen molar-refractivity contribution in [1.82, 2.24) is 55.4 Å². The highest BCUT2D eigenvalue weighted by atomic mass is 79.9. The third-order valence-electron chi connectivity index (χ3n) is 18.8. The van der Waals surface area contributed by atoms with Crippen LogP contribution in [0.5, 0.6) is 0 Å². The first-order valence-electron chi connectivity index (χ1n) is 37.9. The molecule has 6 aliphatic rings. The minimum absolute atomic E-state index is 0.0750. The quantitative estimate of drug-likeness (QED) is 0.0114. The predicted molar refractivity (Wildman–Crippen MR) is 443 cm³/mol. The zero-order valence-corrected chi connectivity index (χ0v) is 71.6. The fraction of sp³-hybridized carbons (Fsp3) is 0.443. The second-order valence-corrected chi connectivity index (χ2v) is 31.4. The fourth-order valence-electron chi connectivity index (χ4n) is 13.5. The Kier molecular flexibility index (Phi) is 34.5. The molecule has 39 heteroatoms. The molecule has 6 atom stereocenters. The molecule has 0 bridgehead atoms. The van der Waals surface area contributed by atoms with Crippen molar-refractivity contribution in [2.24, 2.45) is 20.9 Å². The van der Waals surface area contributed by atoms with Crippen LogP contribution >= 0.6 is 77.7 Å². The monoisotopic (exact) mass is 1840 g/mol. The first-order valence-corrected chi connectivity index (χ1v) is 42.0. The van der Waals surface area contributed by atoms with Crippen molar-refractivity contribution in [1.29, 1.82) is 0 Å². The van der Waals surface area contributed by atoms with E-state index >= 15 is 0 Å². The number of nitrogens with zero attached hydrogens (tertiary/aromatic N) is 11. The van der Waals surface area contributed by atoms with Crippen LogP contribution in [0.1, 0.15) is 104 Å². The summed E-state index contributed by atoms with van der Waals surface area (Å²) < 4.78 is 74.3. The van der Waals surface area contributed by atoms with Crippen LogP contribution in [0, 0.1) is 17.6 Å². The normalized spacial score (nSPS) is 19.8. The molecule has 118 heavy (non-hydrogen) atoms. The number of aliphatic imine (C=N–C) groups is 3. The maximum absolute atomic E-state index is 14.0. The summed E-state index contributed by atoms with van der Waals surface area (Å²) in [6.07, 6.45) is 2.58. The molecule has 9 heterocycles. The van der Waals surface area contributed by atoms with Gasteiger partial charge in [0.15, 0.2) is 33.6 Å². The molecule has 0 radical (unpaired) electrons. The van der Waals surface area contributed by atoms with Crippen LogP contribution in [0.4, 0.5) is 8.78 Å². The minimum atomic E-state index is -1.04. The molecule has 0 saturated carbocycles. The van der Waals surface area contributed by atoms with Gasteiger partial charge in [-0.15, -0.1) is 27.8 Å². The van der Waals surface area contributed by atoms with Gasteiger partial charge in [-0.1, -0.05) is 86.4 Å². The van der Waals surface area contributed by atoms with E-state index in [0.29, 0.717) is 176 Å². The van der Waals surface area contributed by atoms with Crippen LogP contribution < -0.4 is 16.0 Å². The highest BCUT2D eigenvalue weighted by Gasteiger charge is 2.41. The number of hydrogen-bond acceptors (Lipinski definition) is 30. The lowest BCUT2D eigenvalue weighted by Gasteiger charge is -2.39. The summed E-state index contributed by atoms with van der Waals surface area (Å²) in [5.41, 5.74) is 4.96. The largest absolute Gasteiger partial charge is 0.498 e. The van der Waals surface area contributed by atoms with Crippen molar-refractivity contribution < 1.29 is 91.1 Å². The summed E-state index contributed by atoms with van der Waals surface area (Å²) in [6.45, 7) is 22.7. The van der Waals surface area contributed by atoms with Gasteiger partial charge in [0.25, 0.3) is 0 Å². The van der Waals surface area contributed by atoms with Crippen molar-refractivity contribution >= 4 is 125 Å². The first-order chi connectivity index (χ1) is 56.8. The number of aliphatic hydroxyl groups excluding tert-OH is 2. The first kappa shape index (κ1) is 91.5. The number of aromatic nitrogens is 5. The number of carboxylic acids is 2. The molecule has 3 aromatic carbocycles. The van der Waals surface area contributed by atoms with Gasteiger partial charge < -0.3 is 74.3 Å². The Morgan fingerprint density at radius 1 is 0.653 bits per heavy atom. The molecule has 6 aliphatic heterocycles. The molecule has 3 aromatic heterocycles. The number of ether oxygens (including phenoxy) is 8. The second-order valence-electron chi connectivity index (χ2n) is 27.1. The zero-order chi connectivity index (χ0) is 84.7. The smallest absolute Gasteiger partial charge is 0.338 e. The van der Waals surface area contributed by atoms with Crippen molar-refractivity contribution in [2.75, 3.05) is 125 Å². The van der Waals surface area contributed by atoms with Gasteiger partial charge in [-0.05, 0) is 88.6 Å². The number of carboxylic acid groups (broad SMARTS) is 2. The number of hydrogen-bond donors (Lipinski definition) is 7. The number of carbonyl (C=O) groups excluding carboxylic acids is 3. The summed E-state index contributed by atoms with van der Waals surface area (Å²) in [4.78, 5) is 97.1. The molecule has 7 N–H and O–H groups in total. The summed E-state index contributed by atoms with van der Waals surface area (Å²) in [6, 6.07) is 10.9. The van der Waals surface area contributed by atoms with Gasteiger partial charge >= 0.3 is 29.8 Å². The number of amidine groups is 3. The average molecular weight is 1840 g/mol. The number of benzene rings is 3. The summed E-state index contributed by atoms with van der Waals surface area (Å²) in [5.74, 6) is -2.14. The predicted octanol–water partition coefficient (Wildman–Crippen LogP) is 9.69. The van der Waals surface area contributed by atoms with E-state index in [1.54, 1.807) is 62.0 Å². The Bertz CT molecular complexity index is 4780. The Labute approximate surface area is 714 Å². The molecular weight excluding hydrogens is 1750 g/mol. The van der Waals surface area contributed by atoms with E-state index in [4.69, 9.17) is 81.1 Å². The molecule has 6 unspecified atom stereocenters. The number of rotatable bonds is 33. The molecule has 0 spiro atoms. The molecule has 3 fully saturated rings. The highest BCUT2D eigenvalue weighted by molar-refractivity contribution is 9.10. The van der Waals surface area contributed by atoms with Crippen LogP contribution in [0.15, 0.2) is 160 Å². The van der Waals surface area contributed by atoms with Gasteiger partial charge in [0.1, 0.15) is 41.8 Å². The SMILES string of the molecule is C=C(Cc1csc(C2=NC(c3ccc(Cl)cc3Cl)C(C(=O)OCC)=C(CN3CCOC(C(=O)O)C3)N2)n1)OCC.C=C(Cn1cnc(C2=NC(c3ccc(F)cc3Br)C(C(=O)OCC)=C(CN3CCOC(CC(=O)O)C3)N2)n1)OCC.CCOC(=O)C1=C(CN2CCOCC2CC(CO)CO)NC(c2nccs2)=NC1c1ccc(F)cc1Br. The maximum Gasteiger partial charge on any atom is 0.338 e. The van der Waals surface area contributed by atoms with Crippen LogP contribution in [0.3, 0.4) is 0 Å². The minimum Gasteiger partial charge on any atom is -0.498 e. The standard InChI is InChI=1S/C27H32BrFN6O6.C27H30Cl2N4O6S.C25H30BrFN4O5S/c1-4-39-16(3)12-35-15-30-25(33-35)26-31-21(14-34-8-9-41-18(13-34)11-22(36)37)23(27(38)40-5-2)24(32-26)19-7-6-17(29)10-20(19)28;1-4-37-15(3)10-17-14-40-25(30-17)24-31-20(12-33-8-9-39-21(13-33)26(34)35)22(27(36)38-5-2)23(32-24)18-7-6-16(28)11-19(18)29;1-2-36-25(34)21-20(11-31-6-7-35-14-17(31)9-15(12-32)13-33)29-23(24-28-5-8-37-24)30-22(21)18-4-3-16(27)10-19(18)26/h6-7,10,15,18,24H,3-5,8-9,11-14H2,1-2H3,(H,31,32)(H,36,37);6-7,11,14,21,23H,3-5,8-10,12-13H2,1-2H3,(H,31,32)(H,34,35);3-5,8,10,15,17,22,32-33H,2,6-7,9,11-14H2,1H3,(H,29,30). The lowest BCUT2D eigenvalue weighted by Crippen LogP contribution is -2.50. The van der Waals surface area contributed by atoms with Crippen LogP contribution in [-0.2, 0) is 74.8 Å². The summed E-state index contributed by atoms with van der Waals surface area (Å²) in [7, 11) is 0. The van der Waals surface area contributed by atoms with Gasteiger partial charge in [0, 0.05) is 143 Å². The van der Waals surface area contributed by atoms with Gasteiger partial charge in [-0.3, -0.25) is 34.5 Å². The van der Waals surface area contributed by atoms with E-state index in [1.165, 1.54) is 53.3 Å². The fourth-order valence-corrected chi connectivity index (χ4v) is 16.5. The summed E-state index contributed by atoms with van der Waals surface area (Å²) in [5, 5.41) is 58.1. The molecule has 12 rings (SSSR count). The number of morpholine rings is 3. The molecule has 6 aromatic rings. The summed E-state index contributed by atoms with van der Waals surface area (Å²) >= 11 is 22.4. The van der Waals surface area contributed by atoms with Crippen molar-refractivity contribution in [3.8, 4) is 0 Å². The average Bonchev–Trinajstić information content (AvgIpc) is 1.10. The molecular formula is C79H92Br2Cl2F2N14O17S2. The lowest BCUT2D eigenvalue weighted by molar-refractivity contribution is -0.156. The molecule has 0 amide bonds. The molecule has 0 aliphatic carbocycles. The number of carbonyl (C=O) groups is 5. The number of aliphatic hydroxyl groups is 2. The van der Waals surface area contributed by atoms with Gasteiger partial charge in [-0.25, -0.2) is 47.6 Å². The Morgan fingerprint density at radius 3 is 1.75 bits per heavy atom. The topological polar surface area (TPSA) is 379 Å². The number of nitrogens with one attached hydrogen (secondary N) is 3. The van der Waals surface area contributed by atoms with Crippen molar-refractivity contribution in [3.63, 3.8) is 0 Å². The Morgan fingerprint density at radius 2 is 1.19 bits per heavy atom. The van der Waals surface area contributed by atoms with Crippen molar-refractivity contribution in [3.05, 3.63) is 205 Å². The van der Waals surface area contributed by atoms with E-state index in [9.17, 15) is 53.2 Å². The third-order valence-corrected chi connectivity index (χ3v) is 22.4. The van der Waals surface area contributed by atoms with E-state index in [1.807, 2.05) is 34.4 Å². The second kappa shape index (κ2) is 44.5. The van der Waals surface area contributed by atoms with Crippen LogP contribution in [-0.4, -0.2) is 250 Å². The van der Waals surface area contributed by atoms with E-state index < -0.39 is 71.8 Å². The van der Waals surface area contributed by atoms with Gasteiger partial charge in [0.2, 0.25) is 5.82 Å². The van der Waals surface area contributed by atoms with E-state index in [0.717, 1.165) is 5.69 Å². The van der Waals surface area contributed by atoms with E-state index in [2.05, 4.69) is 80.9 Å². The molecule has 634 valence electrons. The molecule has 31 nitrogen and oxygen atoms in total. The number of thiazole rings is 2. The number of aliphatic carboxylic acids is 2. The lowest BCUT2D eigenvalue weighted by atomic mass is 9.94. The third kappa shape index (κ3) is 24.7. The van der Waals surface area contributed by atoms with Crippen molar-refractivity contribution in [2.45, 2.75) is 96.8 Å². The zero-order valence-electron chi connectivity index (χ0n) is 65.3. The maximum atomic E-state index is 14.0. The Hall–Kier alpha value is -8.80. The van der Waals surface area contributed by atoms with Gasteiger partial charge in [-0.2, -0.15) is 0 Å². The van der Waals surface area contributed by atoms with Crippen LogP contribution in [0.25, 0.3) is 0 Å². The molecule has 3 saturated heterocycles. The Balaban J connectivity index is 0.000000187. The van der Waals surface area contributed by atoms with E-state index in [-0.39, 0.29) is 101 Å². The van der Waals surface area contributed by atoms with Crippen LogP contribution in [0.2, 0.25) is 10.0 Å². The number of esters is 3. The van der Waals surface area contributed by atoms with Gasteiger partial charge in [0.05, 0.1) is 107 Å².